The summed E-state index contributed by atoms with van der Waals surface area (Å²) in [5, 5.41) is -0.247. The lowest BCUT2D eigenvalue weighted by Gasteiger charge is -2.12. The fourth-order valence-corrected chi connectivity index (χ4v) is 2.96. The second-order valence-corrected chi connectivity index (χ2v) is 6.41. The molecule has 3 aromatic rings. The first-order valence-electron chi connectivity index (χ1n) is 6.59. The van der Waals surface area contributed by atoms with Crippen molar-refractivity contribution in [2.24, 2.45) is 0 Å². The van der Waals surface area contributed by atoms with Gasteiger partial charge in [0.15, 0.2) is 0 Å². The highest BCUT2D eigenvalue weighted by Crippen LogP contribution is 2.27. The molecule has 0 radical (unpaired) electrons. The predicted molar refractivity (Wildman–Crippen MR) is 87.2 cm³/mol. The van der Waals surface area contributed by atoms with Gasteiger partial charge < -0.3 is 4.57 Å². The van der Waals surface area contributed by atoms with Gasteiger partial charge in [0.1, 0.15) is 11.6 Å². The lowest BCUT2D eigenvalue weighted by molar-refractivity contribution is 0.628. The Morgan fingerprint density at radius 1 is 1.29 bits per heavy atom. The Morgan fingerprint density at radius 2 is 2.05 bits per heavy atom. The number of halogens is 3. The maximum Gasteiger partial charge on any atom is 0.128 e. The van der Waals surface area contributed by atoms with Crippen molar-refractivity contribution < 1.29 is 4.39 Å². The van der Waals surface area contributed by atoms with Crippen LogP contribution in [0.4, 0.5) is 4.39 Å². The molecule has 1 heterocycles. The molecular weight excluding hydrogens is 355 g/mol. The third kappa shape index (κ3) is 2.83. The van der Waals surface area contributed by atoms with Gasteiger partial charge in [-0.15, -0.1) is 11.6 Å². The number of benzene rings is 2. The van der Waals surface area contributed by atoms with E-state index in [0.717, 1.165) is 26.9 Å². The zero-order chi connectivity index (χ0) is 15.0. The molecule has 0 saturated carbocycles. The highest BCUT2D eigenvalue weighted by Gasteiger charge is 2.16. The summed E-state index contributed by atoms with van der Waals surface area (Å²) in [6, 6.07) is 12.6. The zero-order valence-electron chi connectivity index (χ0n) is 11.4. The Bertz CT molecular complexity index is 798. The summed E-state index contributed by atoms with van der Waals surface area (Å²) in [5.74, 6) is 0.470. The number of imidazole rings is 1. The third-order valence-electron chi connectivity index (χ3n) is 3.38. The third-order valence-corrected chi connectivity index (χ3v) is 4.35. The highest BCUT2D eigenvalue weighted by molar-refractivity contribution is 9.10. The van der Waals surface area contributed by atoms with Gasteiger partial charge >= 0.3 is 0 Å². The van der Waals surface area contributed by atoms with Crippen LogP contribution in [-0.4, -0.2) is 9.55 Å². The maximum absolute atomic E-state index is 13.6. The molecular formula is C16H13BrClFN2. The predicted octanol–water partition coefficient (Wildman–Crippen LogP) is 5.29. The second kappa shape index (κ2) is 5.78. The van der Waals surface area contributed by atoms with Crippen LogP contribution in [0, 0.1) is 5.82 Å². The largest absolute Gasteiger partial charge is 0.322 e. The molecule has 0 amide bonds. The monoisotopic (exact) mass is 366 g/mol. The molecule has 0 aliphatic carbocycles. The van der Waals surface area contributed by atoms with Crippen LogP contribution in [0.3, 0.4) is 0 Å². The van der Waals surface area contributed by atoms with Crippen LogP contribution >= 0.6 is 27.5 Å². The number of hydrogen-bond acceptors (Lipinski definition) is 1. The normalized spacial score (nSPS) is 12.8. The Hall–Kier alpha value is -1.39. The molecule has 0 aliphatic heterocycles. The molecule has 2 nitrogen and oxygen atoms in total. The van der Waals surface area contributed by atoms with Crippen molar-refractivity contribution in [3.05, 3.63) is 64.1 Å². The fourth-order valence-electron chi connectivity index (χ4n) is 2.38. The van der Waals surface area contributed by atoms with E-state index in [1.54, 1.807) is 6.07 Å². The lowest BCUT2D eigenvalue weighted by atomic mass is 10.2. The minimum Gasteiger partial charge on any atom is -0.322 e. The van der Waals surface area contributed by atoms with Crippen molar-refractivity contribution in [1.82, 2.24) is 9.55 Å². The number of rotatable bonds is 3. The summed E-state index contributed by atoms with van der Waals surface area (Å²) in [6.45, 7) is 2.46. The van der Waals surface area contributed by atoms with E-state index in [4.69, 9.17) is 11.6 Å². The highest BCUT2D eigenvalue weighted by atomic mass is 79.9. The Morgan fingerprint density at radius 3 is 2.76 bits per heavy atom. The van der Waals surface area contributed by atoms with E-state index in [-0.39, 0.29) is 11.2 Å². The molecule has 2 aromatic carbocycles. The van der Waals surface area contributed by atoms with Gasteiger partial charge in [0.25, 0.3) is 0 Å². The van der Waals surface area contributed by atoms with E-state index in [1.807, 2.05) is 35.8 Å². The van der Waals surface area contributed by atoms with Crippen molar-refractivity contribution in [2.75, 3.05) is 0 Å². The standard InChI is InChI=1S/C16H13BrClFN2/c1-10(18)16-20-14-7-6-12(19)8-15(14)21(16)9-11-4-2-3-5-13(11)17/h2-8,10H,9H2,1H3. The summed E-state index contributed by atoms with van der Waals surface area (Å²) in [6.07, 6.45) is 0. The first kappa shape index (κ1) is 14.5. The average molecular weight is 368 g/mol. The number of nitrogens with zero attached hydrogens (tertiary/aromatic N) is 2. The molecule has 1 atom stereocenters. The van der Waals surface area contributed by atoms with E-state index in [2.05, 4.69) is 20.9 Å². The topological polar surface area (TPSA) is 17.8 Å². The molecule has 0 aliphatic rings. The number of fused-ring (bicyclic) bond motifs is 1. The van der Waals surface area contributed by atoms with Crippen molar-refractivity contribution >= 4 is 38.6 Å². The number of aromatic nitrogens is 2. The molecule has 3 rings (SSSR count). The summed E-state index contributed by atoms with van der Waals surface area (Å²) in [5.41, 5.74) is 2.61. The van der Waals surface area contributed by atoms with Gasteiger partial charge in [-0.3, -0.25) is 0 Å². The van der Waals surface area contributed by atoms with Crippen molar-refractivity contribution in [3.8, 4) is 0 Å². The first-order chi connectivity index (χ1) is 10.1. The molecule has 0 spiro atoms. The van der Waals surface area contributed by atoms with E-state index in [9.17, 15) is 4.39 Å². The summed E-state index contributed by atoms with van der Waals surface area (Å²) in [7, 11) is 0. The molecule has 108 valence electrons. The van der Waals surface area contributed by atoms with Crippen LogP contribution in [0.2, 0.25) is 0 Å². The Balaban J connectivity index is 2.17. The van der Waals surface area contributed by atoms with E-state index in [1.165, 1.54) is 12.1 Å². The minimum atomic E-state index is -0.274. The van der Waals surface area contributed by atoms with Crippen molar-refractivity contribution in [3.63, 3.8) is 0 Å². The zero-order valence-corrected chi connectivity index (χ0v) is 13.7. The van der Waals surface area contributed by atoms with Crippen molar-refractivity contribution in [1.29, 1.82) is 0 Å². The van der Waals surface area contributed by atoms with Gasteiger partial charge in [-0.1, -0.05) is 34.1 Å². The summed E-state index contributed by atoms with van der Waals surface area (Å²) in [4.78, 5) is 4.53. The van der Waals surface area contributed by atoms with Crippen LogP contribution in [0.1, 0.15) is 23.7 Å². The molecule has 0 saturated heterocycles. The summed E-state index contributed by atoms with van der Waals surface area (Å²) >= 11 is 9.78. The van der Waals surface area contributed by atoms with Crippen LogP contribution < -0.4 is 0 Å². The summed E-state index contributed by atoms with van der Waals surface area (Å²) < 4.78 is 16.5. The number of alkyl halides is 1. The SMILES string of the molecule is CC(Cl)c1nc2ccc(F)cc2n1Cc1ccccc1Br. The minimum absolute atomic E-state index is 0.247. The van der Waals surface area contributed by atoms with Crippen LogP contribution in [0.15, 0.2) is 46.9 Å². The fraction of sp³-hybridized carbons (Fsp3) is 0.188. The van der Waals surface area contributed by atoms with E-state index in [0.29, 0.717) is 6.54 Å². The smallest absolute Gasteiger partial charge is 0.128 e. The number of hydrogen-bond donors (Lipinski definition) is 0. The van der Waals surface area contributed by atoms with Crippen LogP contribution in [-0.2, 0) is 6.54 Å². The molecule has 0 N–H and O–H groups in total. The van der Waals surface area contributed by atoms with Gasteiger partial charge in [-0.25, -0.2) is 9.37 Å². The molecule has 1 aromatic heterocycles. The van der Waals surface area contributed by atoms with Gasteiger partial charge in [0.05, 0.1) is 23.0 Å². The van der Waals surface area contributed by atoms with Gasteiger partial charge in [-0.2, -0.15) is 0 Å². The second-order valence-electron chi connectivity index (χ2n) is 4.90. The molecule has 5 heteroatoms. The van der Waals surface area contributed by atoms with Gasteiger partial charge in [-0.05, 0) is 36.8 Å². The first-order valence-corrected chi connectivity index (χ1v) is 7.82. The molecule has 0 bridgehead atoms. The van der Waals surface area contributed by atoms with E-state index < -0.39 is 0 Å². The average Bonchev–Trinajstić information content (AvgIpc) is 2.80. The van der Waals surface area contributed by atoms with Gasteiger partial charge in [0.2, 0.25) is 0 Å². The Labute approximate surface area is 135 Å². The molecule has 0 fully saturated rings. The quantitative estimate of drug-likeness (QED) is 0.575. The maximum atomic E-state index is 13.6. The van der Waals surface area contributed by atoms with E-state index >= 15 is 0 Å². The Kier molecular flexibility index (Phi) is 4.00. The molecule has 21 heavy (non-hydrogen) atoms. The van der Waals surface area contributed by atoms with Crippen LogP contribution in [0.25, 0.3) is 11.0 Å². The van der Waals surface area contributed by atoms with Gasteiger partial charge in [0, 0.05) is 4.47 Å². The lowest BCUT2D eigenvalue weighted by Crippen LogP contribution is -2.06. The van der Waals surface area contributed by atoms with Crippen molar-refractivity contribution in [2.45, 2.75) is 18.8 Å². The molecule has 1 unspecified atom stereocenters. The van der Waals surface area contributed by atoms with Crippen LogP contribution in [0.5, 0.6) is 0 Å².